The van der Waals surface area contributed by atoms with Gasteiger partial charge in [-0.15, -0.1) is 0 Å². The number of nitrogens with one attached hydrogen (secondary N) is 2. The Labute approximate surface area is 216 Å². The molecule has 0 bridgehead atoms. The van der Waals surface area contributed by atoms with Crippen LogP contribution in [0.25, 0.3) is 0 Å². The Bertz CT molecular complexity index is 1270. The van der Waals surface area contributed by atoms with Crippen LogP contribution in [-0.2, 0) is 9.59 Å². The Morgan fingerprint density at radius 1 is 1.05 bits per heavy atom. The lowest BCUT2D eigenvalue weighted by atomic mass is 9.83. The molecule has 2 heterocycles. The molecule has 0 aliphatic carbocycles. The van der Waals surface area contributed by atoms with Crippen molar-refractivity contribution >= 4 is 23.3 Å². The monoisotopic (exact) mass is 499 g/mol. The number of amides is 2. The second-order valence-electron chi connectivity index (χ2n) is 8.55. The highest BCUT2D eigenvalue weighted by atomic mass is 16.5. The van der Waals surface area contributed by atoms with E-state index in [0.717, 1.165) is 5.56 Å². The fraction of sp³-hybridized carbons (Fsp3) is 0.286. The van der Waals surface area contributed by atoms with Crippen molar-refractivity contribution in [3.63, 3.8) is 0 Å². The van der Waals surface area contributed by atoms with E-state index >= 15 is 0 Å². The van der Waals surface area contributed by atoms with Crippen molar-refractivity contribution in [2.45, 2.75) is 18.9 Å². The van der Waals surface area contributed by atoms with Gasteiger partial charge >= 0.3 is 0 Å². The molecule has 2 amide bonds. The molecule has 2 N–H and O–H groups in total. The molecule has 9 nitrogen and oxygen atoms in total. The maximum Gasteiger partial charge on any atom is 0.227 e. The number of methoxy groups -OCH3 is 2. The van der Waals surface area contributed by atoms with Crippen LogP contribution < -0.4 is 25.0 Å². The van der Waals surface area contributed by atoms with Gasteiger partial charge in [-0.05, 0) is 60.5 Å². The highest BCUT2D eigenvalue weighted by Crippen LogP contribution is 2.40. The minimum atomic E-state index is -0.491. The van der Waals surface area contributed by atoms with E-state index in [1.54, 1.807) is 49.6 Å². The summed E-state index contributed by atoms with van der Waals surface area (Å²) in [5.41, 5.74) is 1.98. The maximum atomic E-state index is 13.4. The van der Waals surface area contributed by atoms with Gasteiger partial charge in [0.05, 0.1) is 31.7 Å². The number of nitrogens with zero attached hydrogens (tertiary/aromatic N) is 3. The number of pyridine rings is 1. The van der Waals surface area contributed by atoms with Gasteiger partial charge in [0.15, 0.2) is 0 Å². The van der Waals surface area contributed by atoms with Crippen molar-refractivity contribution in [3.8, 4) is 17.6 Å². The van der Waals surface area contributed by atoms with Gasteiger partial charge in [-0.1, -0.05) is 12.1 Å². The summed E-state index contributed by atoms with van der Waals surface area (Å²) in [6, 6.07) is 19.7. The zero-order valence-corrected chi connectivity index (χ0v) is 20.8. The predicted octanol–water partition coefficient (Wildman–Crippen LogP) is 3.68. The topological polar surface area (TPSA) is 117 Å². The number of aromatic nitrogens is 1. The van der Waals surface area contributed by atoms with Crippen LogP contribution in [0.2, 0.25) is 0 Å². The van der Waals surface area contributed by atoms with Crippen molar-refractivity contribution in [3.05, 3.63) is 78.0 Å². The molecule has 37 heavy (non-hydrogen) atoms. The van der Waals surface area contributed by atoms with Crippen molar-refractivity contribution in [1.82, 2.24) is 10.3 Å². The molecule has 1 fully saturated rings. The van der Waals surface area contributed by atoms with Crippen molar-refractivity contribution in [2.24, 2.45) is 5.92 Å². The molecule has 0 radical (unpaired) electrons. The number of piperidine rings is 1. The van der Waals surface area contributed by atoms with E-state index in [4.69, 9.17) is 9.47 Å². The van der Waals surface area contributed by atoms with E-state index in [-0.39, 0.29) is 18.2 Å². The molecule has 9 heteroatoms. The number of anilines is 2. The van der Waals surface area contributed by atoms with Crippen molar-refractivity contribution in [2.75, 3.05) is 37.5 Å². The summed E-state index contributed by atoms with van der Waals surface area (Å²) >= 11 is 0. The number of ether oxygens (including phenoxy) is 2. The standard InChI is InChI=1S/C28H29N5O4/c1-36-22-9-5-19(6-10-22)26-24(13-14-25(34)33(26)21-7-11-23(37-2)12-8-21)28(35)32-17-16-31-27-20(18-29)4-3-15-30-27/h3-12,15,24,26H,13-14,16-17H2,1-2H3,(H,30,31)(H,32,35). The predicted molar refractivity (Wildman–Crippen MR) is 139 cm³/mol. The average molecular weight is 500 g/mol. The van der Waals surface area contributed by atoms with Crippen LogP contribution in [0, 0.1) is 17.2 Å². The molecule has 1 saturated heterocycles. The molecular formula is C28H29N5O4. The highest BCUT2D eigenvalue weighted by Gasteiger charge is 2.41. The lowest BCUT2D eigenvalue weighted by molar-refractivity contribution is -0.129. The van der Waals surface area contributed by atoms with Crippen LogP contribution >= 0.6 is 0 Å². The van der Waals surface area contributed by atoms with Crippen LogP contribution in [0.5, 0.6) is 11.5 Å². The summed E-state index contributed by atoms with van der Waals surface area (Å²) in [6.07, 6.45) is 2.29. The van der Waals surface area contributed by atoms with Crippen LogP contribution in [0.15, 0.2) is 66.9 Å². The first-order valence-corrected chi connectivity index (χ1v) is 12.0. The first kappa shape index (κ1) is 25.5. The zero-order valence-electron chi connectivity index (χ0n) is 20.8. The van der Waals surface area contributed by atoms with E-state index in [9.17, 15) is 14.9 Å². The third-order valence-electron chi connectivity index (χ3n) is 6.39. The second kappa shape index (κ2) is 11.9. The maximum absolute atomic E-state index is 13.4. The van der Waals surface area contributed by atoms with Crippen molar-refractivity contribution < 1.29 is 19.1 Å². The van der Waals surface area contributed by atoms with E-state index in [1.165, 1.54) is 0 Å². The van der Waals surface area contributed by atoms with Gasteiger partial charge in [0.25, 0.3) is 0 Å². The molecule has 3 aromatic rings. The normalized spacial score (nSPS) is 17.0. The van der Waals surface area contributed by atoms with Gasteiger partial charge in [0.1, 0.15) is 23.4 Å². The second-order valence-corrected chi connectivity index (χ2v) is 8.55. The summed E-state index contributed by atoms with van der Waals surface area (Å²) in [5.74, 6) is 1.21. The molecular weight excluding hydrogens is 470 g/mol. The van der Waals surface area contributed by atoms with Gasteiger partial charge in [-0.25, -0.2) is 4.98 Å². The number of hydrogen-bond donors (Lipinski definition) is 2. The number of carbonyl (C=O) groups is 2. The number of hydrogen-bond acceptors (Lipinski definition) is 7. The number of carbonyl (C=O) groups excluding carboxylic acids is 2. The van der Waals surface area contributed by atoms with Crippen LogP contribution in [0.4, 0.5) is 11.5 Å². The van der Waals surface area contributed by atoms with Crippen LogP contribution in [0.3, 0.4) is 0 Å². The Morgan fingerprint density at radius 2 is 1.73 bits per heavy atom. The molecule has 1 aliphatic rings. The van der Waals surface area contributed by atoms with Gasteiger partial charge in [-0.2, -0.15) is 5.26 Å². The highest BCUT2D eigenvalue weighted by molar-refractivity contribution is 5.97. The van der Waals surface area contributed by atoms with E-state index in [2.05, 4.69) is 21.7 Å². The number of rotatable bonds is 9. The SMILES string of the molecule is COc1ccc(C2C(C(=O)NCCNc3ncccc3C#N)CCC(=O)N2c2ccc(OC)cc2)cc1. The molecule has 190 valence electrons. The lowest BCUT2D eigenvalue weighted by Crippen LogP contribution is -2.48. The van der Waals surface area contributed by atoms with Gasteiger partial charge < -0.3 is 25.0 Å². The Balaban J connectivity index is 1.54. The van der Waals surface area contributed by atoms with Gasteiger partial charge in [0.2, 0.25) is 11.8 Å². The first-order chi connectivity index (χ1) is 18.0. The number of nitriles is 1. The summed E-state index contributed by atoms with van der Waals surface area (Å²) in [5, 5.41) is 15.3. The molecule has 4 rings (SSSR count). The first-order valence-electron chi connectivity index (χ1n) is 12.0. The van der Waals surface area contributed by atoms with Crippen LogP contribution in [0.1, 0.15) is 30.0 Å². The smallest absolute Gasteiger partial charge is 0.227 e. The quantitative estimate of drug-likeness (QED) is 0.431. The van der Waals surface area contributed by atoms with Crippen molar-refractivity contribution in [1.29, 1.82) is 5.26 Å². The lowest BCUT2D eigenvalue weighted by Gasteiger charge is -2.41. The van der Waals surface area contributed by atoms with Gasteiger partial charge in [-0.3, -0.25) is 9.59 Å². The summed E-state index contributed by atoms with van der Waals surface area (Å²) in [7, 11) is 3.18. The van der Waals surface area contributed by atoms with E-state index < -0.39 is 12.0 Å². The third kappa shape index (κ3) is 5.81. The molecule has 2 unspecified atom stereocenters. The Kier molecular flexibility index (Phi) is 8.21. The van der Waals surface area contributed by atoms with Crippen LogP contribution in [-0.4, -0.2) is 44.1 Å². The largest absolute Gasteiger partial charge is 0.497 e. The van der Waals surface area contributed by atoms with E-state index in [1.807, 2.05) is 36.4 Å². The minimum Gasteiger partial charge on any atom is -0.497 e. The Morgan fingerprint density at radius 3 is 2.38 bits per heavy atom. The third-order valence-corrected chi connectivity index (χ3v) is 6.39. The summed E-state index contributed by atoms with van der Waals surface area (Å²) in [6.45, 7) is 0.737. The zero-order chi connectivity index (χ0) is 26.2. The minimum absolute atomic E-state index is 0.0455. The van der Waals surface area contributed by atoms with Gasteiger partial charge in [0, 0.05) is 31.4 Å². The fourth-order valence-electron chi connectivity index (χ4n) is 4.53. The Hall–Kier alpha value is -4.58. The summed E-state index contributed by atoms with van der Waals surface area (Å²) < 4.78 is 10.6. The molecule has 2 aromatic carbocycles. The average Bonchev–Trinajstić information content (AvgIpc) is 2.95. The molecule has 1 aromatic heterocycles. The molecule has 1 aliphatic heterocycles. The van der Waals surface area contributed by atoms with E-state index in [0.29, 0.717) is 48.1 Å². The molecule has 0 saturated carbocycles. The fourth-order valence-corrected chi connectivity index (χ4v) is 4.53. The summed E-state index contributed by atoms with van der Waals surface area (Å²) in [4.78, 5) is 32.5. The molecule has 2 atom stereocenters. The number of benzene rings is 2. The molecule has 0 spiro atoms.